The lowest BCUT2D eigenvalue weighted by atomic mass is 9.93. The van der Waals surface area contributed by atoms with Crippen LogP contribution < -0.4 is 5.32 Å². The summed E-state index contributed by atoms with van der Waals surface area (Å²) in [7, 11) is 1.26. The summed E-state index contributed by atoms with van der Waals surface area (Å²) in [5, 5.41) is 2.42. The van der Waals surface area contributed by atoms with Gasteiger partial charge in [-0.3, -0.25) is 9.59 Å². The van der Waals surface area contributed by atoms with Crippen LogP contribution in [0.25, 0.3) is 0 Å². The maximum Gasteiger partial charge on any atom is 0.329 e. The lowest BCUT2D eigenvalue weighted by Crippen LogP contribution is -2.51. The Hall–Kier alpha value is -2.28. The number of esters is 1. The van der Waals surface area contributed by atoms with E-state index in [4.69, 9.17) is 9.47 Å². The van der Waals surface area contributed by atoms with Gasteiger partial charge in [0.1, 0.15) is 17.6 Å². The molecule has 24 heavy (non-hydrogen) atoms. The van der Waals surface area contributed by atoms with Crippen molar-refractivity contribution in [2.75, 3.05) is 13.7 Å². The highest BCUT2D eigenvalue weighted by Crippen LogP contribution is 2.27. The number of ketones is 1. The van der Waals surface area contributed by atoms with Crippen LogP contribution >= 0.6 is 0 Å². The van der Waals surface area contributed by atoms with Crippen LogP contribution in [0.4, 0.5) is 4.39 Å². The van der Waals surface area contributed by atoms with Gasteiger partial charge in [-0.25, -0.2) is 9.18 Å². The van der Waals surface area contributed by atoms with Crippen molar-refractivity contribution in [3.63, 3.8) is 0 Å². The number of carbonyl (C=O) groups excluding carboxylic acids is 3. The van der Waals surface area contributed by atoms with Gasteiger partial charge >= 0.3 is 5.97 Å². The van der Waals surface area contributed by atoms with Crippen molar-refractivity contribution in [3.05, 3.63) is 35.6 Å². The van der Waals surface area contributed by atoms with Gasteiger partial charge in [0, 0.05) is 19.1 Å². The predicted octanol–water partition coefficient (Wildman–Crippen LogP) is 1.71. The standard InChI is InChI=1S/C17H22FNO5/c1-5-24-15(21)14(10-11(2)20)19-16(22)17(3,23-4)12-8-6-7-9-13(12)18/h6-9,14H,5,10H2,1-4H3,(H,19,22)/t14-,17-/m0/s1. The molecule has 0 heterocycles. The van der Waals surface area contributed by atoms with Gasteiger partial charge < -0.3 is 14.8 Å². The van der Waals surface area contributed by atoms with E-state index in [1.54, 1.807) is 13.0 Å². The minimum atomic E-state index is -1.66. The largest absolute Gasteiger partial charge is 0.464 e. The predicted molar refractivity (Wildman–Crippen MR) is 84.6 cm³/mol. The Bertz CT molecular complexity index is 619. The highest BCUT2D eigenvalue weighted by atomic mass is 19.1. The van der Waals surface area contributed by atoms with Crippen LogP contribution in [0.15, 0.2) is 24.3 Å². The molecule has 1 aromatic carbocycles. The summed E-state index contributed by atoms with van der Waals surface area (Å²) in [6.07, 6.45) is -0.221. The number of nitrogens with one attached hydrogen (secondary N) is 1. The van der Waals surface area contributed by atoms with Gasteiger partial charge in [-0.2, -0.15) is 0 Å². The smallest absolute Gasteiger partial charge is 0.329 e. The quantitative estimate of drug-likeness (QED) is 0.729. The van der Waals surface area contributed by atoms with E-state index in [2.05, 4.69) is 5.32 Å². The van der Waals surface area contributed by atoms with Gasteiger partial charge in [0.25, 0.3) is 5.91 Å². The van der Waals surface area contributed by atoms with Crippen LogP contribution in [0.3, 0.4) is 0 Å². The second-order valence-corrected chi connectivity index (χ2v) is 5.40. The Morgan fingerprint density at radius 2 is 1.92 bits per heavy atom. The van der Waals surface area contributed by atoms with Gasteiger partial charge in [0.05, 0.1) is 6.61 Å². The fraction of sp³-hybridized carbons (Fsp3) is 0.471. The third kappa shape index (κ3) is 4.61. The minimum Gasteiger partial charge on any atom is -0.464 e. The lowest BCUT2D eigenvalue weighted by Gasteiger charge is -2.29. The molecule has 7 heteroatoms. The zero-order chi connectivity index (χ0) is 18.3. The highest BCUT2D eigenvalue weighted by molar-refractivity contribution is 5.92. The van der Waals surface area contributed by atoms with Crippen molar-refractivity contribution in [2.24, 2.45) is 0 Å². The van der Waals surface area contributed by atoms with Crippen LogP contribution in [0, 0.1) is 5.82 Å². The first kappa shape index (κ1) is 19.8. The van der Waals surface area contributed by atoms with Crippen LogP contribution in [0.5, 0.6) is 0 Å². The summed E-state index contributed by atoms with van der Waals surface area (Å²) in [5.74, 6) is -2.38. The molecule has 0 spiro atoms. The Balaban J connectivity index is 3.08. The Labute approximate surface area is 140 Å². The summed E-state index contributed by atoms with van der Waals surface area (Å²) < 4.78 is 24.1. The fourth-order valence-electron chi connectivity index (χ4n) is 2.19. The molecule has 0 radical (unpaired) electrons. The molecule has 0 aliphatic heterocycles. The molecule has 0 aliphatic carbocycles. The molecule has 2 atom stereocenters. The Morgan fingerprint density at radius 1 is 1.29 bits per heavy atom. The van der Waals surface area contributed by atoms with Gasteiger partial charge in [-0.1, -0.05) is 18.2 Å². The van der Waals surface area contributed by atoms with E-state index >= 15 is 0 Å². The van der Waals surface area contributed by atoms with E-state index in [0.717, 1.165) is 0 Å². The molecule has 1 aromatic rings. The van der Waals surface area contributed by atoms with Crippen LogP contribution in [-0.2, 0) is 29.5 Å². The number of hydrogen-bond donors (Lipinski definition) is 1. The number of benzene rings is 1. The second kappa shape index (κ2) is 8.54. The number of Topliss-reactive ketones (excluding diaryl/α,β-unsaturated/α-hetero) is 1. The molecular weight excluding hydrogens is 317 g/mol. The van der Waals surface area contributed by atoms with Crippen molar-refractivity contribution in [2.45, 2.75) is 38.8 Å². The summed E-state index contributed by atoms with van der Waals surface area (Å²) in [6, 6.07) is 4.53. The van der Waals surface area contributed by atoms with E-state index in [-0.39, 0.29) is 24.4 Å². The van der Waals surface area contributed by atoms with Gasteiger partial charge in [-0.05, 0) is 26.8 Å². The first-order chi connectivity index (χ1) is 11.3. The molecule has 1 amide bonds. The fourth-order valence-corrected chi connectivity index (χ4v) is 2.19. The van der Waals surface area contributed by atoms with Crippen molar-refractivity contribution in [3.8, 4) is 0 Å². The van der Waals surface area contributed by atoms with E-state index in [1.165, 1.54) is 39.2 Å². The molecule has 1 N–H and O–H groups in total. The van der Waals surface area contributed by atoms with Crippen LogP contribution in [0.1, 0.15) is 32.8 Å². The summed E-state index contributed by atoms with van der Waals surface area (Å²) in [6.45, 7) is 4.41. The van der Waals surface area contributed by atoms with Crippen molar-refractivity contribution in [1.29, 1.82) is 0 Å². The zero-order valence-corrected chi connectivity index (χ0v) is 14.2. The Kier molecular flexibility index (Phi) is 7.03. The number of amides is 1. The number of halogens is 1. The van der Waals surface area contributed by atoms with Crippen molar-refractivity contribution < 1.29 is 28.2 Å². The third-order valence-corrected chi connectivity index (χ3v) is 3.60. The van der Waals surface area contributed by atoms with Gasteiger partial charge in [-0.15, -0.1) is 0 Å². The number of ether oxygens (including phenoxy) is 2. The average Bonchev–Trinajstić information content (AvgIpc) is 2.53. The lowest BCUT2D eigenvalue weighted by molar-refractivity contribution is -0.153. The van der Waals surface area contributed by atoms with Crippen LogP contribution in [0.2, 0.25) is 0 Å². The van der Waals surface area contributed by atoms with E-state index in [1.807, 2.05) is 0 Å². The molecule has 0 aromatic heterocycles. The molecule has 0 unspecified atom stereocenters. The van der Waals surface area contributed by atoms with E-state index in [0.29, 0.717) is 0 Å². The maximum atomic E-state index is 14.1. The highest BCUT2D eigenvalue weighted by Gasteiger charge is 2.39. The minimum absolute atomic E-state index is 0.0235. The summed E-state index contributed by atoms with van der Waals surface area (Å²) in [4.78, 5) is 35.9. The maximum absolute atomic E-state index is 14.1. The molecule has 1 rings (SSSR count). The molecule has 0 saturated carbocycles. The monoisotopic (exact) mass is 339 g/mol. The van der Waals surface area contributed by atoms with Crippen molar-refractivity contribution >= 4 is 17.7 Å². The van der Waals surface area contributed by atoms with E-state index in [9.17, 15) is 18.8 Å². The second-order valence-electron chi connectivity index (χ2n) is 5.40. The number of rotatable bonds is 8. The zero-order valence-electron chi connectivity index (χ0n) is 14.2. The molecule has 132 valence electrons. The molecule has 6 nitrogen and oxygen atoms in total. The third-order valence-electron chi connectivity index (χ3n) is 3.60. The first-order valence-electron chi connectivity index (χ1n) is 7.53. The molecule has 0 fully saturated rings. The topological polar surface area (TPSA) is 81.7 Å². The summed E-state index contributed by atoms with van der Waals surface area (Å²) >= 11 is 0. The molecule has 0 bridgehead atoms. The number of methoxy groups -OCH3 is 1. The molecule has 0 aliphatic rings. The number of hydrogen-bond acceptors (Lipinski definition) is 5. The van der Waals surface area contributed by atoms with E-state index < -0.39 is 29.3 Å². The van der Waals surface area contributed by atoms with Gasteiger partial charge in [0.2, 0.25) is 0 Å². The Morgan fingerprint density at radius 3 is 2.42 bits per heavy atom. The summed E-state index contributed by atoms with van der Waals surface area (Å²) in [5.41, 5.74) is -1.64. The SMILES string of the molecule is CCOC(=O)[C@H](CC(C)=O)NC(=O)[C@@](C)(OC)c1ccccc1F. The van der Waals surface area contributed by atoms with Crippen molar-refractivity contribution in [1.82, 2.24) is 5.32 Å². The molecule has 0 saturated heterocycles. The average molecular weight is 339 g/mol. The molecular formula is C17H22FNO5. The number of carbonyl (C=O) groups is 3. The van der Waals surface area contributed by atoms with Crippen LogP contribution in [-0.4, -0.2) is 37.4 Å². The first-order valence-corrected chi connectivity index (χ1v) is 7.53. The normalized spacial score (nSPS) is 14.4. The van der Waals surface area contributed by atoms with Gasteiger partial charge in [0.15, 0.2) is 5.60 Å².